The summed E-state index contributed by atoms with van der Waals surface area (Å²) in [5.74, 6) is -0.796. The molecule has 88 valence electrons. The molecule has 0 fully saturated rings. The van der Waals surface area contributed by atoms with Gasteiger partial charge >= 0.3 is 0 Å². The summed E-state index contributed by atoms with van der Waals surface area (Å²) in [4.78, 5) is 11.5. The Hall–Kier alpha value is -1.13. The summed E-state index contributed by atoms with van der Waals surface area (Å²) in [6.07, 6.45) is 0.733. The van der Waals surface area contributed by atoms with Crippen LogP contribution in [-0.4, -0.2) is 26.2 Å². The fourth-order valence-electron chi connectivity index (χ4n) is 1.16. The van der Waals surface area contributed by atoms with Crippen molar-refractivity contribution in [2.45, 2.75) is 6.42 Å². The van der Waals surface area contributed by atoms with Crippen LogP contribution in [0, 0.1) is 5.82 Å². The van der Waals surface area contributed by atoms with Crippen LogP contribution in [-0.2, 0) is 4.74 Å². The Kier molecular flexibility index (Phi) is 5.22. The van der Waals surface area contributed by atoms with Crippen molar-refractivity contribution in [1.29, 1.82) is 0 Å². The summed E-state index contributed by atoms with van der Waals surface area (Å²) >= 11 is 5.57. The number of carbonyl (C=O) groups is 1. The molecule has 0 aliphatic rings. The largest absolute Gasteiger partial charge is 0.385 e. The number of nitrogens with one attached hydrogen (secondary N) is 1. The molecule has 0 aliphatic carbocycles. The molecule has 0 saturated carbocycles. The molecule has 0 saturated heterocycles. The second-order valence-corrected chi connectivity index (χ2v) is 3.64. The van der Waals surface area contributed by atoms with E-state index in [1.165, 1.54) is 18.2 Å². The Bertz CT molecular complexity index is 371. The Morgan fingerprint density at radius 3 is 2.94 bits per heavy atom. The zero-order chi connectivity index (χ0) is 12.0. The number of hydrogen-bond acceptors (Lipinski definition) is 2. The third kappa shape index (κ3) is 3.79. The molecule has 0 atom stereocenters. The van der Waals surface area contributed by atoms with Gasteiger partial charge in [-0.2, -0.15) is 0 Å². The first-order valence-electron chi connectivity index (χ1n) is 4.87. The van der Waals surface area contributed by atoms with Crippen LogP contribution >= 0.6 is 11.6 Å². The van der Waals surface area contributed by atoms with Crippen LogP contribution in [0.4, 0.5) is 4.39 Å². The topological polar surface area (TPSA) is 38.3 Å². The van der Waals surface area contributed by atoms with Gasteiger partial charge in [0.25, 0.3) is 5.91 Å². The summed E-state index contributed by atoms with van der Waals surface area (Å²) in [6, 6.07) is 3.88. The summed E-state index contributed by atoms with van der Waals surface area (Å²) in [7, 11) is 1.60. The number of rotatable bonds is 5. The normalized spacial score (nSPS) is 10.2. The summed E-state index contributed by atoms with van der Waals surface area (Å²) in [6.45, 7) is 1.10. The molecule has 0 aliphatic heterocycles. The molecule has 5 heteroatoms. The molecule has 3 nitrogen and oxygen atoms in total. The predicted molar refractivity (Wildman–Crippen MR) is 60.2 cm³/mol. The maximum Gasteiger partial charge on any atom is 0.251 e. The van der Waals surface area contributed by atoms with Gasteiger partial charge in [0.15, 0.2) is 0 Å². The lowest BCUT2D eigenvalue weighted by atomic mass is 10.2. The standard InChI is InChI=1S/C11H13ClFNO2/c1-16-6-2-5-14-11(15)8-3-4-10(13)9(12)7-8/h3-4,7H,2,5-6H2,1H3,(H,14,15). The van der Waals surface area contributed by atoms with Crippen LogP contribution in [0.15, 0.2) is 18.2 Å². The lowest BCUT2D eigenvalue weighted by Gasteiger charge is -2.05. The predicted octanol–water partition coefficient (Wildman–Crippen LogP) is 2.25. The molecule has 0 spiro atoms. The molecular weight excluding hydrogens is 233 g/mol. The monoisotopic (exact) mass is 245 g/mol. The van der Waals surface area contributed by atoms with E-state index in [0.717, 1.165) is 6.42 Å². The van der Waals surface area contributed by atoms with Crippen LogP contribution in [0.5, 0.6) is 0 Å². The molecule has 0 heterocycles. The van der Waals surface area contributed by atoms with Crippen molar-refractivity contribution in [1.82, 2.24) is 5.32 Å². The highest BCUT2D eigenvalue weighted by Gasteiger charge is 2.07. The van der Waals surface area contributed by atoms with Gasteiger partial charge in [-0.1, -0.05) is 11.6 Å². The molecule has 1 amide bonds. The quantitative estimate of drug-likeness (QED) is 0.808. The van der Waals surface area contributed by atoms with Gasteiger partial charge in [0.05, 0.1) is 5.02 Å². The molecule has 16 heavy (non-hydrogen) atoms. The zero-order valence-corrected chi connectivity index (χ0v) is 9.68. The van der Waals surface area contributed by atoms with Gasteiger partial charge in [0.1, 0.15) is 5.82 Å². The average Bonchev–Trinajstić information content (AvgIpc) is 2.28. The first-order valence-corrected chi connectivity index (χ1v) is 5.25. The van der Waals surface area contributed by atoms with Gasteiger partial charge < -0.3 is 10.1 Å². The van der Waals surface area contributed by atoms with E-state index in [1.54, 1.807) is 7.11 Å². The molecule has 1 rings (SSSR count). The SMILES string of the molecule is COCCCNC(=O)c1ccc(F)c(Cl)c1. The smallest absolute Gasteiger partial charge is 0.251 e. The Balaban J connectivity index is 2.50. The van der Waals surface area contributed by atoms with E-state index >= 15 is 0 Å². The number of carbonyl (C=O) groups excluding carboxylic acids is 1. The van der Waals surface area contributed by atoms with Gasteiger partial charge in [-0.3, -0.25) is 4.79 Å². The summed E-state index contributed by atoms with van der Waals surface area (Å²) < 4.78 is 17.7. The number of benzene rings is 1. The van der Waals surface area contributed by atoms with Crippen LogP contribution in [0.3, 0.4) is 0 Å². The third-order valence-corrected chi connectivity index (χ3v) is 2.28. The molecule has 0 radical (unpaired) electrons. The van der Waals surface area contributed by atoms with Crippen molar-refractivity contribution in [3.05, 3.63) is 34.6 Å². The van der Waals surface area contributed by atoms with E-state index in [9.17, 15) is 9.18 Å². The van der Waals surface area contributed by atoms with Crippen LogP contribution < -0.4 is 5.32 Å². The first kappa shape index (κ1) is 12.9. The first-order chi connectivity index (χ1) is 7.65. The van der Waals surface area contributed by atoms with E-state index in [0.29, 0.717) is 18.7 Å². The van der Waals surface area contributed by atoms with Crippen LogP contribution in [0.2, 0.25) is 5.02 Å². The second-order valence-electron chi connectivity index (χ2n) is 3.23. The van der Waals surface area contributed by atoms with Crippen LogP contribution in [0.25, 0.3) is 0 Å². The minimum atomic E-state index is -0.530. The molecular formula is C11H13ClFNO2. The average molecular weight is 246 g/mol. The number of ether oxygens (including phenoxy) is 1. The van der Waals surface area contributed by atoms with E-state index in [1.807, 2.05) is 0 Å². The van der Waals surface area contributed by atoms with Gasteiger partial charge in [-0.05, 0) is 24.6 Å². The highest BCUT2D eigenvalue weighted by molar-refractivity contribution is 6.31. The highest BCUT2D eigenvalue weighted by atomic mass is 35.5. The van der Waals surface area contributed by atoms with Gasteiger partial charge in [0.2, 0.25) is 0 Å². The van der Waals surface area contributed by atoms with Crippen molar-refractivity contribution in [3.8, 4) is 0 Å². The molecule has 0 unspecified atom stereocenters. The van der Waals surface area contributed by atoms with E-state index in [4.69, 9.17) is 16.3 Å². The number of amides is 1. The summed E-state index contributed by atoms with van der Waals surface area (Å²) in [5, 5.41) is 2.63. The van der Waals surface area contributed by atoms with Crippen LogP contribution in [0.1, 0.15) is 16.8 Å². The highest BCUT2D eigenvalue weighted by Crippen LogP contribution is 2.15. The van der Waals surface area contributed by atoms with Crippen molar-refractivity contribution in [2.24, 2.45) is 0 Å². The Morgan fingerprint density at radius 2 is 2.31 bits per heavy atom. The lowest BCUT2D eigenvalue weighted by molar-refractivity contribution is 0.0948. The molecule has 0 aromatic heterocycles. The second kappa shape index (κ2) is 6.45. The fraction of sp³-hybridized carbons (Fsp3) is 0.364. The summed E-state index contributed by atoms with van der Waals surface area (Å²) in [5.41, 5.74) is 0.351. The zero-order valence-electron chi connectivity index (χ0n) is 8.93. The number of halogens is 2. The lowest BCUT2D eigenvalue weighted by Crippen LogP contribution is -2.25. The molecule has 1 N–H and O–H groups in total. The van der Waals surface area contributed by atoms with E-state index in [-0.39, 0.29) is 10.9 Å². The Labute approximate surface area is 98.5 Å². The third-order valence-electron chi connectivity index (χ3n) is 1.99. The van der Waals surface area contributed by atoms with E-state index < -0.39 is 5.82 Å². The van der Waals surface area contributed by atoms with Crippen molar-refractivity contribution in [2.75, 3.05) is 20.3 Å². The number of hydrogen-bond donors (Lipinski definition) is 1. The van der Waals surface area contributed by atoms with Gasteiger partial charge in [-0.25, -0.2) is 4.39 Å². The molecule has 1 aromatic carbocycles. The molecule has 1 aromatic rings. The van der Waals surface area contributed by atoms with Crippen molar-refractivity contribution in [3.63, 3.8) is 0 Å². The molecule has 0 bridgehead atoms. The van der Waals surface area contributed by atoms with Crippen molar-refractivity contribution >= 4 is 17.5 Å². The fourth-order valence-corrected chi connectivity index (χ4v) is 1.34. The Morgan fingerprint density at radius 1 is 1.56 bits per heavy atom. The van der Waals surface area contributed by atoms with Gasteiger partial charge in [0, 0.05) is 25.8 Å². The maximum absolute atomic E-state index is 12.8. The minimum Gasteiger partial charge on any atom is -0.385 e. The van der Waals surface area contributed by atoms with Crippen molar-refractivity contribution < 1.29 is 13.9 Å². The maximum atomic E-state index is 12.8. The number of methoxy groups -OCH3 is 1. The van der Waals surface area contributed by atoms with E-state index in [2.05, 4.69) is 5.32 Å². The minimum absolute atomic E-state index is 0.0514. The van der Waals surface area contributed by atoms with Gasteiger partial charge in [-0.15, -0.1) is 0 Å².